The van der Waals surface area contributed by atoms with Crippen molar-refractivity contribution in [3.05, 3.63) is 0 Å². The number of rotatable bonds is 7. The van der Waals surface area contributed by atoms with Gasteiger partial charge in [0, 0.05) is 0 Å². The molecule has 0 radical (unpaired) electrons. The molecule has 1 atom stereocenters. The summed E-state index contributed by atoms with van der Waals surface area (Å²) in [6.45, 7) is 0.345. The van der Waals surface area contributed by atoms with E-state index in [0.717, 1.165) is 3.93 Å². The molecule has 0 aromatic rings. The minimum atomic E-state index is -1.07. The van der Waals surface area contributed by atoms with E-state index in [1.165, 1.54) is 0 Å². The molecule has 3 N–H and O–H groups in total. The molecule has 0 aliphatic heterocycles. The third-order valence-corrected chi connectivity index (χ3v) is 4.47. The first-order chi connectivity index (χ1) is 7.99. The van der Waals surface area contributed by atoms with Gasteiger partial charge in [-0.1, -0.05) is 0 Å². The summed E-state index contributed by atoms with van der Waals surface area (Å²) in [5.74, 6) is -1.67. The molecule has 0 heterocycles. The van der Waals surface area contributed by atoms with Crippen molar-refractivity contribution in [1.82, 2.24) is 10.6 Å². The molecular formula is C9H15HgN2O5+. The van der Waals surface area contributed by atoms with Crippen molar-refractivity contribution in [3.8, 4) is 0 Å². The van der Waals surface area contributed by atoms with E-state index < -0.39 is 17.9 Å². The van der Waals surface area contributed by atoms with Crippen LogP contribution in [0.3, 0.4) is 0 Å². The molecule has 0 aromatic heterocycles. The van der Waals surface area contributed by atoms with E-state index in [1.807, 2.05) is 5.32 Å². The summed E-state index contributed by atoms with van der Waals surface area (Å²) >= 11 is 0.581. The fraction of sp³-hybridized carbons (Fsp3) is 0.667. The van der Waals surface area contributed by atoms with Crippen LogP contribution in [0, 0.1) is 0 Å². The Balaban J connectivity index is 3.78. The molecule has 0 saturated heterocycles. The van der Waals surface area contributed by atoms with Crippen molar-refractivity contribution in [2.45, 2.75) is 22.9 Å². The summed E-state index contributed by atoms with van der Waals surface area (Å²) in [6, 6.07) is -0.621. The molecule has 0 aliphatic carbocycles. The fourth-order valence-electron chi connectivity index (χ4n) is 0.964. The van der Waals surface area contributed by atoms with Gasteiger partial charge in [-0.05, 0) is 0 Å². The number of carbonyl (C=O) groups excluding carboxylic acids is 2. The van der Waals surface area contributed by atoms with Gasteiger partial charge in [0.05, 0.1) is 0 Å². The van der Waals surface area contributed by atoms with Crippen LogP contribution < -0.4 is 10.6 Å². The molecule has 8 heteroatoms. The van der Waals surface area contributed by atoms with E-state index in [1.54, 1.807) is 7.11 Å². The summed E-state index contributed by atoms with van der Waals surface area (Å²) in [4.78, 5) is 32.5. The molecule has 1 unspecified atom stereocenters. The Morgan fingerprint density at radius 1 is 1.35 bits per heavy atom. The first-order valence-electron chi connectivity index (χ1n) is 5.11. The number of imide groups is 1. The standard InChI is InChI=1S/C9H15N2O5.Hg/c1-6(16-2)5-10-9(15)11-7(12)3-4-8(13)14;/h6H,1,3-5H2,2H3,(H,13,14)(H2,10,11,12,15);/q;+1. The molecule has 0 rings (SSSR count). The molecule has 0 fully saturated rings. The molecule has 3 amide bonds. The summed E-state index contributed by atoms with van der Waals surface area (Å²) in [5, 5.41) is 12.9. The van der Waals surface area contributed by atoms with E-state index in [4.69, 9.17) is 9.84 Å². The van der Waals surface area contributed by atoms with Crippen molar-refractivity contribution >= 4 is 17.9 Å². The summed E-state index contributed by atoms with van der Waals surface area (Å²) in [6.07, 6.45) is -0.513. The zero-order valence-corrected chi connectivity index (χ0v) is 15.2. The number of carboxylic acids is 1. The maximum absolute atomic E-state index is 11.2. The number of carbonyl (C=O) groups is 3. The molecule has 0 saturated carbocycles. The van der Waals surface area contributed by atoms with Gasteiger partial charge in [0.15, 0.2) is 0 Å². The SMILES string of the molecule is COC([CH2][Hg+])CNC(=O)NC(=O)CCC(=O)O. The van der Waals surface area contributed by atoms with Gasteiger partial charge in [0.2, 0.25) is 0 Å². The summed E-state index contributed by atoms with van der Waals surface area (Å²) in [7, 11) is 1.56. The predicted molar refractivity (Wildman–Crippen MR) is 54.0 cm³/mol. The number of ether oxygens (including phenoxy) is 1. The Morgan fingerprint density at radius 2 is 2.00 bits per heavy atom. The molecule has 0 bridgehead atoms. The number of urea groups is 1. The van der Waals surface area contributed by atoms with Crippen molar-refractivity contribution in [2.75, 3.05) is 13.7 Å². The van der Waals surface area contributed by atoms with Gasteiger partial charge in [-0.2, -0.15) is 0 Å². The van der Waals surface area contributed by atoms with Gasteiger partial charge in [0.1, 0.15) is 0 Å². The first kappa shape index (κ1) is 16.3. The third kappa shape index (κ3) is 9.05. The number of methoxy groups -OCH3 is 1. The third-order valence-electron chi connectivity index (χ3n) is 1.96. The average molecular weight is 432 g/mol. The van der Waals surface area contributed by atoms with Crippen LogP contribution in [0.15, 0.2) is 0 Å². The van der Waals surface area contributed by atoms with Crippen LogP contribution in [0.1, 0.15) is 12.8 Å². The van der Waals surface area contributed by atoms with E-state index in [2.05, 4.69) is 5.32 Å². The zero-order chi connectivity index (χ0) is 13.3. The number of amides is 3. The van der Waals surface area contributed by atoms with Crippen molar-refractivity contribution in [1.29, 1.82) is 0 Å². The topological polar surface area (TPSA) is 105 Å². The monoisotopic (exact) mass is 433 g/mol. The van der Waals surface area contributed by atoms with E-state index in [9.17, 15) is 14.4 Å². The maximum atomic E-state index is 11.2. The van der Waals surface area contributed by atoms with Crippen molar-refractivity contribution in [3.63, 3.8) is 0 Å². The van der Waals surface area contributed by atoms with Crippen LogP contribution in [-0.2, 0) is 40.4 Å². The quantitative estimate of drug-likeness (QED) is 0.478. The zero-order valence-electron chi connectivity index (χ0n) is 9.69. The number of nitrogens with one attached hydrogen (secondary N) is 2. The number of hydrogen-bond acceptors (Lipinski definition) is 4. The van der Waals surface area contributed by atoms with Crippen LogP contribution in [0.5, 0.6) is 0 Å². The van der Waals surface area contributed by atoms with E-state index in [-0.39, 0.29) is 18.9 Å². The Kier molecular flexibility index (Phi) is 8.96. The number of hydrogen-bond donors (Lipinski definition) is 3. The predicted octanol–water partition coefficient (Wildman–Crippen LogP) is -0.343. The normalized spacial score (nSPS) is 11.7. The molecule has 92 valence electrons. The van der Waals surface area contributed by atoms with Gasteiger partial charge < -0.3 is 0 Å². The van der Waals surface area contributed by atoms with Crippen LogP contribution in [0.4, 0.5) is 4.79 Å². The molecule has 7 nitrogen and oxygen atoms in total. The molecule has 0 aliphatic rings. The Bertz CT molecular complexity index is 281. The molecule has 0 spiro atoms. The second-order valence-corrected chi connectivity index (χ2v) is 5.54. The summed E-state index contributed by atoms with van der Waals surface area (Å²) in [5.41, 5.74) is 0. The fourth-order valence-corrected chi connectivity index (χ4v) is 2.67. The van der Waals surface area contributed by atoms with Crippen LogP contribution in [-0.4, -0.2) is 42.8 Å². The Labute approximate surface area is 115 Å². The van der Waals surface area contributed by atoms with Crippen LogP contribution in [0.2, 0.25) is 3.93 Å². The Morgan fingerprint density at radius 3 is 2.47 bits per heavy atom. The molecule has 0 aromatic carbocycles. The molecule has 17 heavy (non-hydrogen) atoms. The van der Waals surface area contributed by atoms with Gasteiger partial charge in [-0.25, -0.2) is 0 Å². The van der Waals surface area contributed by atoms with Crippen molar-refractivity contribution in [2.24, 2.45) is 0 Å². The number of aliphatic carboxylic acids is 1. The molecular weight excluding hydrogens is 417 g/mol. The minimum absolute atomic E-state index is 0.0156. The van der Waals surface area contributed by atoms with Crippen LogP contribution >= 0.6 is 0 Å². The second kappa shape index (κ2) is 9.35. The van der Waals surface area contributed by atoms with Gasteiger partial charge in [-0.15, -0.1) is 0 Å². The van der Waals surface area contributed by atoms with E-state index in [0.29, 0.717) is 32.7 Å². The van der Waals surface area contributed by atoms with Gasteiger partial charge in [-0.3, -0.25) is 0 Å². The van der Waals surface area contributed by atoms with E-state index >= 15 is 0 Å². The van der Waals surface area contributed by atoms with Gasteiger partial charge >= 0.3 is 115 Å². The Hall–Kier alpha value is -0.695. The first-order valence-corrected chi connectivity index (χ1v) is 8.99. The summed E-state index contributed by atoms with van der Waals surface area (Å²) < 4.78 is 6.01. The average Bonchev–Trinajstić information content (AvgIpc) is 2.27. The van der Waals surface area contributed by atoms with Crippen molar-refractivity contribution < 1.29 is 50.3 Å². The van der Waals surface area contributed by atoms with Gasteiger partial charge in [0.25, 0.3) is 0 Å². The number of carboxylic acid groups (broad SMARTS) is 1. The van der Waals surface area contributed by atoms with Crippen LogP contribution in [0.25, 0.3) is 0 Å². The second-order valence-electron chi connectivity index (χ2n) is 3.30.